The lowest BCUT2D eigenvalue weighted by molar-refractivity contribution is -0.138. The van der Waals surface area contributed by atoms with Crippen molar-refractivity contribution in [2.75, 3.05) is 0 Å². The number of carboxylic acid groups (broad SMARTS) is 1. The van der Waals surface area contributed by atoms with Gasteiger partial charge in [0.1, 0.15) is 0 Å². The number of aliphatic carboxylic acids is 1. The molecule has 2 nitrogen and oxygen atoms in total. The van der Waals surface area contributed by atoms with Gasteiger partial charge >= 0.3 is 5.97 Å². The van der Waals surface area contributed by atoms with Gasteiger partial charge in [-0.05, 0) is 5.92 Å². The van der Waals surface area contributed by atoms with E-state index in [1.54, 1.807) is 0 Å². The van der Waals surface area contributed by atoms with E-state index in [9.17, 15) is 4.79 Å². The molecule has 0 aliphatic carbocycles. The summed E-state index contributed by atoms with van der Waals surface area (Å²) in [4.78, 5) is 10.6. The molecule has 0 saturated heterocycles. The molecule has 0 radical (unpaired) electrons. The zero-order valence-electron chi connectivity index (χ0n) is 16.7. The smallest absolute Gasteiger partial charge is 0.303 e. The molecule has 2 heteroatoms. The van der Waals surface area contributed by atoms with Crippen molar-refractivity contribution in [3.8, 4) is 0 Å². The van der Waals surface area contributed by atoms with E-state index in [0.29, 0.717) is 12.3 Å². The zero-order chi connectivity index (χ0) is 17.9. The highest BCUT2D eigenvalue weighted by molar-refractivity contribution is 5.66. The lowest BCUT2D eigenvalue weighted by atomic mass is 9.99. The monoisotopic (exact) mass is 340 g/mol. The van der Waals surface area contributed by atoms with Crippen molar-refractivity contribution in [2.24, 2.45) is 5.92 Å². The van der Waals surface area contributed by atoms with Crippen molar-refractivity contribution in [1.82, 2.24) is 0 Å². The average molecular weight is 341 g/mol. The first kappa shape index (κ1) is 23.5. The molecule has 0 aliphatic heterocycles. The van der Waals surface area contributed by atoms with Crippen molar-refractivity contribution in [3.05, 3.63) is 0 Å². The van der Waals surface area contributed by atoms with Crippen molar-refractivity contribution in [1.29, 1.82) is 0 Å². The summed E-state index contributed by atoms with van der Waals surface area (Å²) >= 11 is 0. The van der Waals surface area contributed by atoms with E-state index < -0.39 is 5.97 Å². The summed E-state index contributed by atoms with van der Waals surface area (Å²) in [6, 6.07) is 0. The molecule has 0 rings (SSSR count). The van der Waals surface area contributed by atoms with E-state index in [0.717, 1.165) is 6.42 Å². The molecule has 0 aliphatic rings. The van der Waals surface area contributed by atoms with Crippen LogP contribution in [0.1, 0.15) is 129 Å². The van der Waals surface area contributed by atoms with Gasteiger partial charge in [-0.25, -0.2) is 0 Å². The molecule has 0 saturated carbocycles. The van der Waals surface area contributed by atoms with E-state index in [2.05, 4.69) is 13.8 Å². The molecular weight excluding hydrogens is 296 g/mol. The molecule has 24 heavy (non-hydrogen) atoms. The van der Waals surface area contributed by atoms with Crippen LogP contribution in [0.25, 0.3) is 0 Å². The maximum Gasteiger partial charge on any atom is 0.303 e. The number of hydrogen-bond acceptors (Lipinski definition) is 1. The molecule has 0 fully saturated rings. The second kappa shape index (κ2) is 18.8. The Hall–Kier alpha value is -0.530. The second-order valence-corrected chi connectivity index (χ2v) is 7.80. The van der Waals surface area contributed by atoms with Crippen LogP contribution in [0.2, 0.25) is 0 Å². The molecule has 0 aromatic rings. The third kappa shape index (κ3) is 19.5. The number of unbranched alkanes of at least 4 members (excludes halogenated alkanes) is 15. The zero-order valence-corrected chi connectivity index (χ0v) is 16.7. The summed E-state index contributed by atoms with van der Waals surface area (Å²) in [6.45, 7) is 4.34. The van der Waals surface area contributed by atoms with Gasteiger partial charge in [0.25, 0.3) is 0 Å². The second-order valence-electron chi connectivity index (χ2n) is 7.80. The molecule has 0 heterocycles. The Morgan fingerprint density at radius 2 is 1.00 bits per heavy atom. The van der Waals surface area contributed by atoms with Crippen molar-refractivity contribution < 1.29 is 9.90 Å². The van der Waals surface area contributed by atoms with Crippen LogP contribution in [-0.2, 0) is 4.79 Å². The van der Waals surface area contributed by atoms with Gasteiger partial charge < -0.3 is 5.11 Å². The highest BCUT2D eigenvalue weighted by Gasteiger charge is 2.06. The van der Waals surface area contributed by atoms with Crippen LogP contribution >= 0.6 is 0 Å². The van der Waals surface area contributed by atoms with E-state index in [1.165, 1.54) is 103 Å². The largest absolute Gasteiger partial charge is 0.481 e. The minimum absolute atomic E-state index is 0.332. The summed E-state index contributed by atoms with van der Waals surface area (Å²) in [5.41, 5.74) is 0. The first-order chi connectivity index (χ1) is 11.7. The molecule has 0 aromatic heterocycles. The fourth-order valence-electron chi connectivity index (χ4n) is 3.44. The lowest BCUT2D eigenvalue weighted by Crippen LogP contribution is -2.03. The molecule has 144 valence electrons. The number of carboxylic acids is 1. The first-order valence-electron chi connectivity index (χ1n) is 10.9. The summed E-state index contributed by atoms with van der Waals surface area (Å²) < 4.78 is 0. The van der Waals surface area contributed by atoms with E-state index in [-0.39, 0.29) is 0 Å². The number of hydrogen-bond donors (Lipinski definition) is 1. The van der Waals surface area contributed by atoms with Crippen molar-refractivity contribution in [2.45, 2.75) is 129 Å². The van der Waals surface area contributed by atoms with Crippen LogP contribution in [0, 0.1) is 5.92 Å². The Bertz CT molecular complexity index is 263. The Morgan fingerprint density at radius 1 is 0.667 bits per heavy atom. The lowest BCUT2D eigenvalue weighted by Gasteiger charge is -2.08. The first-order valence-corrected chi connectivity index (χ1v) is 10.9. The van der Waals surface area contributed by atoms with Gasteiger partial charge in [-0.3, -0.25) is 4.79 Å². The van der Waals surface area contributed by atoms with Gasteiger partial charge in [0.05, 0.1) is 0 Å². The van der Waals surface area contributed by atoms with Gasteiger partial charge in [0.15, 0.2) is 0 Å². The Kier molecular flexibility index (Phi) is 18.4. The Balaban J connectivity index is 3.06. The van der Waals surface area contributed by atoms with Crippen LogP contribution in [0.3, 0.4) is 0 Å². The van der Waals surface area contributed by atoms with Crippen LogP contribution in [-0.4, -0.2) is 11.1 Å². The molecule has 0 amide bonds. The molecule has 0 bridgehead atoms. The minimum Gasteiger partial charge on any atom is -0.481 e. The van der Waals surface area contributed by atoms with Crippen LogP contribution in [0.15, 0.2) is 0 Å². The van der Waals surface area contributed by atoms with Gasteiger partial charge in [0.2, 0.25) is 0 Å². The third-order valence-corrected chi connectivity index (χ3v) is 5.07. The highest BCUT2D eigenvalue weighted by atomic mass is 16.4. The summed E-state index contributed by atoms with van der Waals surface area (Å²) in [5, 5.41) is 8.72. The molecular formula is C22H44O2. The number of rotatable bonds is 19. The number of carbonyl (C=O) groups is 1. The van der Waals surface area contributed by atoms with Gasteiger partial charge in [-0.15, -0.1) is 0 Å². The van der Waals surface area contributed by atoms with Gasteiger partial charge in [0, 0.05) is 6.42 Å². The third-order valence-electron chi connectivity index (χ3n) is 5.07. The Labute approximate surface area is 151 Å². The van der Waals surface area contributed by atoms with Crippen LogP contribution in [0.5, 0.6) is 0 Å². The SMILES string of the molecule is CCCCCCCCCCCCCCCCCCC(C)CC(=O)O. The topological polar surface area (TPSA) is 37.3 Å². The predicted octanol–water partition coefficient (Wildman–Crippen LogP) is 7.75. The standard InChI is InChI=1S/C22H44O2/c1-3-4-5-6-7-8-9-10-11-12-13-14-15-16-17-18-19-21(2)20-22(23)24/h21H,3-20H2,1-2H3,(H,23,24). The molecule has 1 atom stereocenters. The van der Waals surface area contributed by atoms with Crippen LogP contribution < -0.4 is 0 Å². The van der Waals surface area contributed by atoms with E-state index in [1.807, 2.05) is 0 Å². The fraction of sp³-hybridized carbons (Fsp3) is 0.955. The molecule has 1 N–H and O–H groups in total. The normalized spacial score (nSPS) is 12.4. The van der Waals surface area contributed by atoms with E-state index in [4.69, 9.17) is 5.11 Å². The van der Waals surface area contributed by atoms with Crippen LogP contribution in [0.4, 0.5) is 0 Å². The summed E-state index contributed by atoms with van der Waals surface area (Å²) in [7, 11) is 0. The summed E-state index contributed by atoms with van der Waals surface area (Å²) in [6.07, 6.45) is 23.7. The van der Waals surface area contributed by atoms with Gasteiger partial charge in [-0.1, -0.05) is 123 Å². The van der Waals surface area contributed by atoms with E-state index >= 15 is 0 Å². The highest BCUT2D eigenvalue weighted by Crippen LogP contribution is 2.16. The maximum absolute atomic E-state index is 10.6. The molecule has 0 aromatic carbocycles. The Morgan fingerprint density at radius 3 is 1.33 bits per heavy atom. The van der Waals surface area contributed by atoms with Gasteiger partial charge in [-0.2, -0.15) is 0 Å². The predicted molar refractivity (Wildman–Crippen MR) is 106 cm³/mol. The molecule has 1 unspecified atom stereocenters. The van der Waals surface area contributed by atoms with Crippen molar-refractivity contribution >= 4 is 5.97 Å². The summed E-state index contributed by atoms with van der Waals surface area (Å²) in [5.74, 6) is -0.312. The quantitative estimate of drug-likeness (QED) is 0.244. The molecule has 0 spiro atoms. The fourth-order valence-corrected chi connectivity index (χ4v) is 3.44. The average Bonchev–Trinajstić information content (AvgIpc) is 2.53. The van der Waals surface area contributed by atoms with Crippen molar-refractivity contribution in [3.63, 3.8) is 0 Å². The maximum atomic E-state index is 10.6. The minimum atomic E-state index is -0.654.